The van der Waals surface area contributed by atoms with Crippen molar-refractivity contribution in [2.75, 3.05) is 13.1 Å². The topological polar surface area (TPSA) is 67.1 Å². The van der Waals surface area contributed by atoms with Crippen LogP contribution in [-0.2, 0) is 0 Å². The molecule has 0 saturated carbocycles. The van der Waals surface area contributed by atoms with E-state index in [0.29, 0.717) is 6.04 Å². The molecular formula is C9H13N3O2. The number of aromatic nitrogens is 2. The summed E-state index contributed by atoms with van der Waals surface area (Å²) in [7, 11) is 0. The molecule has 0 atom stereocenters. The molecule has 14 heavy (non-hydrogen) atoms. The number of piperidine rings is 1. The van der Waals surface area contributed by atoms with Crippen molar-refractivity contribution in [2.45, 2.75) is 18.9 Å². The lowest BCUT2D eigenvalue weighted by Crippen LogP contribution is -2.29. The lowest BCUT2D eigenvalue weighted by atomic mass is 10.1. The van der Waals surface area contributed by atoms with Gasteiger partial charge in [0.2, 0.25) is 0 Å². The van der Waals surface area contributed by atoms with Gasteiger partial charge in [-0.2, -0.15) is 5.10 Å². The number of hydrogen-bond acceptors (Lipinski definition) is 3. The predicted octanol–water partition coefficient (Wildman–Crippen LogP) is 0.506. The number of carboxylic acids is 1. The summed E-state index contributed by atoms with van der Waals surface area (Å²) >= 11 is 0. The van der Waals surface area contributed by atoms with Crippen LogP contribution in [0.25, 0.3) is 0 Å². The number of carbonyl (C=O) groups is 1. The molecule has 1 aliphatic heterocycles. The zero-order valence-corrected chi connectivity index (χ0v) is 7.81. The van der Waals surface area contributed by atoms with Gasteiger partial charge in [0.25, 0.3) is 0 Å². The Kier molecular flexibility index (Phi) is 2.49. The lowest BCUT2D eigenvalue weighted by molar-refractivity contribution is 0.0696. The Balaban J connectivity index is 2.11. The highest BCUT2D eigenvalue weighted by molar-refractivity contribution is 5.86. The van der Waals surface area contributed by atoms with Gasteiger partial charge in [-0.1, -0.05) is 0 Å². The van der Waals surface area contributed by atoms with Gasteiger partial charge in [-0.15, -0.1) is 0 Å². The van der Waals surface area contributed by atoms with Crippen LogP contribution in [0.5, 0.6) is 0 Å². The molecule has 2 rings (SSSR count). The van der Waals surface area contributed by atoms with Crippen molar-refractivity contribution in [3.8, 4) is 0 Å². The summed E-state index contributed by atoms with van der Waals surface area (Å²) in [6, 6.07) is 0.351. The van der Waals surface area contributed by atoms with E-state index in [1.807, 2.05) is 0 Å². The lowest BCUT2D eigenvalue weighted by Gasteiger charge is -2.22. The first-order chi connectivity index (χ1) is 6.77. The third-order valence-corrected chi connectivity index (χ3v) is 2.53. The van der Waals surface area contributed by atoms with E-state index in [4.69, 9.17) is 5.11 Å². The summed E-state index contributed by atoms with van der Waals surface area (Å²) in [4.78, 5) is 10.6. The van der Waals surface area contributed by atoms with E-state index in [2.05, 4.69) is 10.4 Å². The SMILES string of the molecule is O=C(O)c1cnn(C2CCNCC2)c1. The zero-order valence-electron chi connectivity index (χ0n) is 7.81. The third-order valence-electron chi connectivity index (χ3n) is 2.53. The van der Waals surface area contributed by atoms with Crippen molar-refractivity contribution in [3.63, 3.8) is 0 Å². The van der Waals surface area contributed by atoms with Gasteiger partial charge < -0.3 is 10.4 Å². The maximum Gasteiger partial charge on any atom is 0.338 e. The van der Waals surface area contributed by atoms with Crippen molar-refractivity contribution in [1.82, 2.24) is 15.1 Å². The number of hydrogen-bond donors (Lipinski definition) is 2. The molecule has 1 aromatic rings. The molecule has 2 N–H and O–H groups in total. The molecule has 1 aliphatic rings. The largest absolute Gasteiger partial charge is 0.478 e. The average molecular weight is 195 g/mol. The molecular weight excluding hydrogens is 182 g/mol. The minimum absolute atomic E-state index is 0.267. The number of carboxylic acid groups (broad SMARTS) is 1. The Morgan fingerprint density at radius 2 is 2.29 bits per heavy atom. The first kappa shape index (κ1) is 9.21. The Labute approximate surface area is 81.7 Å². The first-order valence-corrected chi connectivity index (χ1v) is 4.75. The van der Waals surface area contributed by atoms with Crippen LogP contribution in [0.2, 0.25) is 0 Å². The van der Waals surface area contributed by atoms with Crippen molar-refractivity contribution in [2.24, 2.45) is 0 Å². The average Bonchev–Trinajstić information content (AvgIpc) is 2.68. The molecule has 2 heterocycles. The van der Waals surface area contributed by atoms with E-state index in [0.717, 1.165) is 25.9 Å². The molecule has 76 valence electrons. The molecule has 5 nitrogen and oxygen atoms in total. The fourth-order valence-corrected chi connectivity index (χ4v) is 1.72. The molecule has 0 unspecified atom stereocenters. The van der Waals surface area contributed by atoms with Gasteiger partial charge in [0.1, 0.15) is 0 Å². The summed E-state index contributed by atoms with van der Waals surface area (Å²) in [5.41, 5.74) is 0.267. The molecule has 1 fully saturated rings. The number of nitrogens with zero attached hydrogens (tertiary/aromatic N) is 2. The van der Waals surface area contributed by atoms with Gasteiger partial charge in [0.15, 0.2) is 0 Å². The Morgan fingerprint density at radius 1 is 1.57 bits per heavy atom. The van der Waals surface area contributed by atoms with Gasteiger partial charge in [-0.25, -0.2) is 4.79 Å². The second-order valence-corrected chi connectivity index (χ2v) is 3.50. The van der Waals surface area contributed by atoms with Gasteiger partial charge in [0.05, 0.1) is 17.8 Å². The highest BCUT2D eigenvalue weighted by atomic mass is 16.4. The van der Waals surface area contributed by atoms with Crippen molar-refractivity contribution < 1.29 is 9.90 Å². The minimum Gasteiger partial charge on any atom is -0.478 e. The summed E-state index contributed by atoms with van der Waals surface area (Å²) in [6.45, 7) is 1.96. The van der Waals surface area contributed by atoms with Gasteiger partial charge in [-0.05, 0) is 25.9 Å². The van der Waals surface area contributed by atoms with E-state index in [1.165, 1.54) is 6.20 Å². The van der Waals surface area contributed by atoms with Crippen LogP contribution < -0.4 is 5.32 Å². The fraction of sp³-hybridized carbons (Fsp3) is 0.556. The van der Waals surface area contributed by atoms with E-state index in [-0.39, 0.29) is 5.56 Å². The van der Waals surface area contributed by atoms with E-state index < -0.39 is 5.97 Å². The van der Waals surface area contributed by atoms with Crippen LogP contribution in [0, 0.1) is 0 Å². The highest BCUT2D eigenvalue weighted by Gasteiger charge is 2.16. The van der Waals surface area contributed by atoms with Gasteiger partial charge in [0, 0.05) is 6.20 Å². The maximum absolute atomic E-state index is 10.6. The van der Waals surface area contributed by atoms with Crippen LogP contribution in [0.1, 0.15) is 29.2 Å². The Bertz CT molecular complexity index is 329. The molecule has 1 saturated heterocycles. The third kappa shape index (κ3) is 1.77. The molecule has 5 heteroatoms. The quantitative estimate of drug-likeness (QED) is 0.721. The maximum atomic E-state index is 10.6. The van der Waals surface area contributed by atoms with Crippen LogP contribution in [0.4, 0.5) is 0 Å². The van der Waals surface area contributed by atoms with E-state index in [1.54, 1.807) is 10.9 Å². The smallest absolute Gasteiger partial charge is 0.338 e. The summed E-state index contributed by atoms with van der Waals surface area (Å²) in [5.74, 6) is -0.912. The Hall–Kier alpha value is -1.36. The van der Waals surface area contributed by atoms with Gasteiger partial charge in [-0.3, -0.25) is 4.68 Å². The van der Waals surface area contributed by atoms with Crippen molar-refractivity contribution in [3.05, 3.63) is 18.0 Å². The summed E-state index contributed by atoms with van der Waals surface area (Å²) in [5, 5.41) is 16.1. The standard InChI is InChI=1S/C9H13N3O2/c13-9(14)7-5-11-12(6-7)8-1-3-10-4-2-8/h5-6,8,10H,1-4H2,(H,13,14). The number of aromatic carboxylic acids is 1. The second kappa shape index (κ2) is 3.79. The highest BCUT2D eigenvalue weighted by Crippen LogP contribution is 2.17. The molecule has 0 spiro atoms. The number of nitrogens with one attached hydrogen (secondary N) is 1. The van der Waals surface area contributed by atoms with Crippen molar-refractivity contribution in [1.29, 1.82) is 0 Å². The van der Waals surface area contributed by atoms with Crippen LogP contribution in [0.3, 0.4) is 0 Å². The zero-order chi connectivity index (χ0) is 9.97. The minimum atomic E-state index is -0.912. The fourth-order valence-electron chi connectivity index (χ4n) is 1.72. The van der Waals surface area contributed by atoms with E-state index >= 15 is 0 Å². The Morgan fingerprint density at radius 3 is 2.86 bits per heavy atom. The molecule has 0 amide bonds. The second-order valence-electron chi connectivity index (χ2n) is 3.50. The van der Waals surface area contributed by atoms with Crippen molar-refractivity contribution >= 4 is 5.97 Å². The molecule has 0 aliphatic carbocycles. The summed E-state index contributed by atoms with van der Waals surface area (Å²) in [6.07, 6.45) is 5.05. The normalized spacial score (nSPS) is 18.3. The molecule has 1 aromatic heterocycles. The van der Waals surface area contributed by atoms with Gasteiger partial charge >= 0.3 is 5.97 Å². The summed E-state index contributed by atoms with van der Waals surface area (Å²) < 4.78 is 1.77. The first-order valence-electron chi connectivity index (χ1n) is 4.75. The predicted molar refractivity (Wildman–Crippen MR) is 50.3 cm³/mol. The van der Waals surface area contributed by atoms with E-state index in [9.17, 15) is 4.79 Å². The van der Waals surface area contributed by atoms with Crippen LogP contribution in [0.15, 0.2) is 12.4 Å². The van der Waals surface area contributed by atoms with Crippen LogP contribution >= 0.6 is 0 Å². The van der Waals surface area contributed by atoms with Crippen LogP contribution in [-0.4, -0.2) is 33.9 Å². The number of rotatable bonds is 2. The molecule has 0 bridgehead atoms. The molecule has 0 radical (unpaired) electrons. The molecule has 0 aromatic carbocycles. The monoisotopic (exact) mass is 195 g/mol.